The van der Waals surface area contributed by atoms with Crippen molar-refractivity contribution >= 4 is 16.4 Å². The van der Waals surface area contributed by atoms with Crippen molar-refractivity contribution in [3.8, 4) is 11.5 Å². The minimum Gasteiger partial charge on any atom is -0.414 e. The van der Waals surface area contributed by atoms with Gasteiger partial charge in [-0.2, -0.15) is 0 Å². The maximum absolute atomic E-state index is 11.5. The normalized spacial score (nSPS) is 34.3. The van der Waals surface area contributed by atoms with Crippen LogP contribution in [0.1, 0.15) is 34.6 Å². The van der Waals surface area contributed by atoms with Crippen molar-refractivity contribution in [3.63, 3.8) is 0 Å². The summed E-state index contributed by atoms with van der Waals surface area (Å²) in [6.45, 7) is 21.3. The zero-order valence-corrected chi connectivity index (χ0v) is 20.0. The van der Waals surface area contributed by atoms with Crippen molar-refractivity contribution in [2.45, 2.75) is 102 Å². The standard InChI is InChI=1S/C19H36O5Si2/c1-17(2,3)26(9,10)21-13-14-19(20,11-12-25(6,7)8)15-16(22-14)24-18(4,5)23-15/h14-16,20H,13H2,1-10H3/t14-,15+,16-,19-/m1/s1. The quantitative estimate of drug-likeness (QED) is 0.580. The van der Waals surface area contributed by atoms with E-state index in [9.17, 15) is 5.11 Å². The van der Waals surface area contributed by atoms with Crippen LogP contribution in [0.5, 0.6) is 0 Å². The zero-order chi connectivity index (χ0) is 20.2. The highest BCUT2D eigenvalue weighted by Crippen LogP contribution is 2.44. The minimum atomic E-state index is -1.97. The van der Waals surface area contributed by atoms with Crippen LogP contribution in [0, 0.1) is 11.5 Å². The number of ether oxygens (including phenoxy) is 3. The predicted molar refractivity (Wildman–Crippen MR) is 108 cm³/mol. The molecule has 26 heavy (non-hydrogen) atoms. The summed E-state index contributed by atoms with van der Waals surface area (Å²) in [7, 11) is -3.65. The molecule has 0 unspecified atom stereocenters. The van der Waals surface area contributed by atoms with Crippen LogP contribution in [-0.4, -0.2) is 58.0 Å². The van der Waals surface area contributed by atoms with Crippen LogP contribution in [0.3, 0.4) is 0 Å². The smallest absolute Gasteiger partial charge is 0.192 e. The maximum atomic E-state index is 11.5. The van der Waals surface area contributed by atoms with Crippen molar-refractivity contribution in [3.05, 3.63) is 0 Å². The summed E-state index contributed by atoms with van der Waals surface area (Å²) >= 11 is 0. The van der Waals surface area contributed by atoms with E-state index >= 15 is 0 Å². The third-order valence-corrected chi connectivity index (χ3v) is 10.7. The van der Waals surface area contributed by atoms with Gasteiger partial charge in [0.25, 0.3) is 0 Å². The third kappa shape index (κ3) is 4.61. The molecule has 4 atom stereocenters. The van der Waals surface area contributed by atoms with E-state index in [1.165, 1.54) is 0 Å². The fourth-order valence-corrected chi connectivity index (χ4v) is 4.26. The Morgan fingerprint density at radius 1 is 1.08 bits per heavy atom. The number of hydrogen-bond donors (Lipinski definition) is 1. The Hall–Kier alpha value is -0.206. The Balaban J connectivity index is 2.26. The second kappa shape index (κ2) is 6.69. The number of fused-ring (bicyclic) bond motifs is 1. The van der Waals surface area contributed by atoms with Crippen molar-refractivity contribution in [1.29, 1.82) is 0 Å². The van der Waals surface area contributed by atoms with Gasteiger partial charge in [0.15, 0.2) is 32.1 Å². The van der Waals surface area contributed by atoms with Gasteiger partial charge in [-0.15, -0.1) is 5.54 Å². The molecule has 2 aliphatic heterocycles. The summed E-state index contributed by atoms with van der Waals surface area (Å²) < 4.78 is 24.1. The first-order chi connectivity index (χ1) is 11.5. The van der Waals surface area contributed by atoms with E-state index < -0.39 is 46.3 Å². The number of aliphatic hydroxyl groups is 1. The second-order valence-electron chi connectivity index (χ2n) is 10.4. The van der Waals surface area contributed by atoms with Crippen LogP contribution in [0.25, 0.3) is 0 Å². The lowest BCUT2D eigenvalue weighted by Crippen LogP contribution is -2.52. The SMILES string of the molecule is CC1(C)O[C@H]2O[C@H](CO[Si](C)(C)C(C)(C)C)[C@](O)(C#C[Si](C)(C)C)[C@H]2O1. The number of hydrogen-bond acceptors (Lipinski definition) is 5. The molecule has 0 radical (unpaired) electrons. The molecule has 0 bridgehead atoms. The Bertz CT molecular complexity index is 594. The van der Waals surface area contributed by atoms with Crippen LogP contribution in [0.4, 0.5) is 0 Å². The Kier molecular flexibility index (Phi) is 5.69. The zero-order valence-electron chi connectivity index (χ0n) is 18.0. The molecular formula is C19H36O5Si2. The molecule has 1 N–H and O–H groups in total. The van der Waals surface area contributed by atoms with Crippen molar-refractivity contribution < 1.29 is 23.7 Å². The fourth-order valence-electron chi connectivity index (χ4n) is 2.68. The largest absolute Gasteiger partial charge is 0.414 e. The Morgan fingerprint density at radius 2 is 1.65 bits per heavy atom. The highest BCUT2D eigenvalue weighted by molar-refractivity contribution is 6.83. The van der Waals surface area contributed by atoms with E-state index in [2.05, 4.69) is 65.0 Å². The highest BCUT2D eigenvalue weighted by atomic mass is 28.4. The molecule has 150 valence electrons. The van der Waals surface area contributed by atoms with E-state index in [0.29, 0.717) is 0 Å². The molecule has 0 spiro atoms. The third-order valence-electron chi connectivity index (χ3n) is 5.32. The summed E-state index contributed by atoms with van der Waals surface area (Å²) in [5, 5.41) is 11.6. The molecule has 0 amide bonds. The van der Waals surface area contributed by atoms with Crippen LogP contribution < -0.4 is 0 Å². The molecule has 5 nitrogen and oxygen atoms in total. The predicted octanol–water partition coefficient (Wildman–Crippen LogP) is 3.50. The summed E-state index contributed by atoms with van der Waals surface area (Å²) in [6.07, 6.45) is -1.85. The van der Waals surface area contributed by atoms with E-state index in [1.54, 1.807) is 0 Å². The summed E-state index contributed by atoms with van der Waals surface area (Å²) in [5.74, 6) is 2.31. The summed E-state index contributed by atoms with van der Waals surface area (Å²) in [4.78, 5) is 0. The first-order valence-electron chi connectivity index (χ1n) is 9.39. The summed E-state index contributed by atoms with van der Waals surface area (Å²) in [6, 6.07) is 0. The van der Waals surface area contributed by atoms with E-state index in [0.717, 1.165) is 0 Å². The molecule has 0 aromatic rings. The lowest BCUT2D eigenvalue weighted by atomic mass is 9.94. The molecule has 2 saturated heterocycles. The van der Waals surface area contributed by atoms with Crippen LogP contribution >= 0.6 is 0 Å². The average molecular weight is 401 g/mol. The van der Waals surface area contributed by atoms with Gasteiger partial charge in [0.1, 0.15) is 14.2 Å². The lowest BCUT2D eigenvalue weighted by molar-refractivity contribution is -0.225. The second-order valence-corrected chi connectivity index (χ2v) is 20.0. The van der Waals surface area contributed by atoms with Crippen molar-refractivity contribution in [2.75, 3.05) is 6.61 Å². The molecule has 0 aromatic heterocycles. The van der Waals surface area contributed by atoms with E-state index in [4.69, 9.17) is 18.6 Å². The van der Waals surface area contributed by atoms with Gasteiger partial charge in [-0.3, -0.25) is 0 Å². The van der Waals surface area contributed by atoms with Crippen molar-refractivity contribution in [2.24, 2.45) is 0 Å². The topological polar surface area (TPSA) is 57.2 Å². The first kappa shape index (κ1) is 22.1. The van der Waals surface area contributed by atoms with Gasteiger partial charge >= 0.3 is 0 Å². The molecule has 2 heterocycles. The molecule has 0 aromatic carbocycles. The molecule has 2 aliphatic rings. The van der Waals surface area contributed by atoms with Gasteiger partial charge in [0.2, 0.25) is 0 Å². The molecule has 0 saturated carbocycles. The van der Waals surface area contributed by atoms with Gasteiger partial charge in [0, 0.05) is 0 Å². The monoisotopic (exact) mass is 400 g/mol. The van der Waals surface area contributed by atoms with Gasteiger partial charge in [-0.25, -0.2) is 0 Å². The van der Waals surface area contributed by atoms with Crippen LogP contribution in [-0.2, 0) is 18.6 Å². The van der Waals surface area contributed by atoms with Gasteiger partial charge in [-0.05, 0) is 32.0 Å². The molecular weight excluding hydrogens is 364 g/mol. The molecule has 7 heteroatoms. The van der Waals surface area contributed by atoms with Gasteiger partial charge in [-0.1, -0.05) is 46.3 Å². The van der Waals surface area contributed by atoms with E-state index in [-0.39, 0.29) is 11.6 Å². The lowest BCUT2D eigenvalue weighted by Gasteiger charge is -2.38. The van der Waals surface area contributed by atoms with Gasteiger partial charge in [0.05, 0.1) is 6.61 Å². The van der Waals surface area contributed by atoms with Crippen molar-refractivity contribution in [1.82, 2.24) is 0 Å². The Labute approximate surface area is 160 Å². The van der Waals surface area contributed by atoms with Gasteiger partial charge < -0.3 is 23.7 Å². The molecule has 2 fully saturated rings. The maximum Gasteiger partial charge on any atom is 0.192 e. The highest BCUT2D eigenvalue weighted by Gasteiger charge is 2.63. The average Bonchev–Trinajstić information content (AvgIpc) is 2.85. The van der Waals surface area contributed by atoms with E-state index in [1.807, 2.05) is 13.8 Å². The van der Waals surface area contributed by atoms with Crippen LogP contribution in [0.15, 0.2) is 0 Å². The Morgan fingerprint density at radius 3 is 2.15 bits per heavy atom. The first-order valence-corrected chi connectivity index (χ1v) is 15.8. The minimum absolute atomic E-state index is 0.0819. The van der Waals surface area contributed by atoms with Crippen LogP contribution in [0.2, 0.25) is 37.8 Å². The summed E-state index contributed by atoms with van der Waals surface area (Å²) in [5.41, 5.74) is 1.85. The molecule has 0 aliphatic carbocycles. The molecule has 2 rings (SSSR count). The fraction of sp³-hybridized carbons (Fsp3) is 0.895. The number of rotatable bonds is 3.